The van der Waals surface area contributed by atoms with E-state index in [9.17, 15) is 8.78 Å². The van der Waals surface area contributed by atoms with E-state index in [1.54, 1.807) is 24.3 Å². The van der Waals surface area contributed by atoms with Crippen LogP contribution in [0.5, 0.6) is 0 Å². The van der Waals surface area contributed by atoms with Crippen molar-refractivity contribution < 1.29 is 18.0 Å². The second-order valence-electron chi connectivity index (χ2n) is 4.26. The molecule has 1 atom stereocenters. The molecule has 1 aromatic heterocycles. The molecule has 0 radical (unpaired) electrons. The van der Waals surface area contributed by atoms with Crippen LogP contribution in [0.15, 0.2) is 28.8 Å². The molecule has 8 heteroatoms. The number of benzene rings is 1. The van der Waals surface area contributed by atoms with Gasteiger partial charge in [0.1, 0.15) is 12.6 Å². The number of nitrogens with zero attached hydrogens (tertiary/aromatic N) is 2. The van der Waals surface area contributed by atoms with Crippen LogP contribution in [0.25, 0.3) is 0 Å². The molecule has 0 aliphatic rings. The first-order valence-corrected chi connectivity index (χ1v) is 6.64. The van der Waals surface area contributed by atoms with Gasteiger partial charge in [0.2, 0.25) is 5.89 Å². The molecule has 0 fully saturated rings. The zero-order valence-corrected chi connectivity index (χ0v) is 11.8. The van der Waals surface area contributed by atoms with Crippen LogP contribution < -0.4 is 5.73 Å². The Morgan fingerprint density at radius 1 is 1.33 bits per heavy atom. The van der Waals surface area contributed by atoms with Gasteiger partial charge < -0.3 is 15.0 Å². The summed E-state index contributed by atoms with van der Waals surface area (Å²) in [6.07, 6.45) is -2.22. The van der Waals surface area contributed by atoms with Gasteiger partial charge in [-0.3, -0.25) is 0 Å². The molecule has 2 aromatic rings. The smallest absolute Gasteiger partial charge is 0.261 e. The van der Waals surface area contributed by atoms with Gasteiger partial charge in [0.15, 0.2) is 5.82 Å². The van der Waals surface area contributed by atoms with Gasteiger partial charge >= 0.3 is 0 Å². The minimum Gasteiger partial charge on any atom is -0.375 e. The van der Waals surface area contributed by atoms with Crippen LogP contribution in [-0.4, -0.2) is 29.8 Å². The molecule has 1 aromatic carbocycles. The summed E-state index contributed by atoms with van der Waals surface area (Å²) in [6, 6.07) is 6.44. The molecule has 2 rings (SSSR count). The first kappa shape index (κ1) is 15.8. The highest BCUT2D eigenvalue weighted by molar-refractivity contribution is 6.31. The molecular weight excluding hydrogens is 304 g/mol. The van der Waals surface area contributed by atoms with Gasteiger partial charge in [-0.1, -0.05) is 35.0 Å². The number of hydrogen-bond acceptors (Lipinski definition) is 5. The molecule has 5 nitrogen and oxygen atoms in total. The van der Waals surface area contributed by atoms with Crippen LogP contribution in [0.1, 0.15) is 23.3 Å². The van der Waals surface area contributed by atoms with E-state index in [1.165, 1.54) is 0 Å². The maximum absolute atomic E-state index is 11.9. The summed E-state index contributed by atoms with van der Waals surface area (Å²) in [4.78, 5) is 4.12. The van der Waals surface area contributed by atoms with Crippen molar-refractivity contribution in [2.45, 2.75) is 18.9 Å². The fourth-order valence-electron chi connectivity index (χ4n) is 1.69. The van der Waals surface area contributed by atoms with E-state index in [2.05, 4.69) is 10.1 Å². The molecule has 0 aliphatic carbocycles. The first-order chi connectivity index (χ1) is 10.1. The Labute approximate surface area is 125 Å². The standard InChI is InChI=1S/C13H14ClF2N3O2/c14-9-4-2-1-3-8(9)12(17)13-18-11(19-21-13)5-6-20-7-10(15)16/h1-4,10,12H,5-7,17H2/t12-/m1/s1. The lowest BCUT2D eigenvalue weighted by molar-refractivity contribution is 0.0182. The minimum atomic E-state index is -2.49. The molecule has 0 bridgehead atoms. The SMILES string of the molecule is N[C@@H](c1nc(CCOCC(F)F)no1)c1ccccc1Cl. The number of aromatic nitrogens is 2. The van der Waals surface area contributed by atoms with Gasteiger partial charge in [-0.2, -0.15) is 4.98 Å². The Morgan fingerprint density at radius 3 is 2.81 bits per heavy atom. The minimum absolute atomic E-state index is 0.0879. The van der Waals surface area contributed by atoms with E-state index < -0.39 is 19.1 Å². The second kappa shape index (κ2) is 7.44. The number of hydrogen-bond donors (Lipinski definition) is 1. The van der Waals surface area contributed by atoms with E-state index in [0.29, 0.717) is 16.4 Å². The average molecular weight is 318 g/mol. The van der Waals surface area contributed by atoms with E-state index in [-0.39, 0.29) is 18.9 Å². The fraction of sp³-hybridized carbons (Fsp3) is 0.385. The number of nitrogens with two attached hydrogens (primary N) is 1. The third-order valence-electron chi connectivity index (χ3n) is 2.70. The van der Waals surface area contributed by atoms with Gasteiger partial charge in [-0.25, -0.2) is 8.78 Å². The van der Waals surface area contributed by atoms with Gasteiger partial charge in [0, 0.05) is 11.4 Å². The lowest BCUT2D eigenvalue weighted by Gasteiger charge is -2.08. The summed E-state index contributed by atoms with van der Waals surface area (Å²) < 4.78 is 33.6. The summed E-state index contributed by atoms with van der Waals surface area (Å²) in [7, 11) is 0. The van der Waals surface area contributed by atoms with Crippen molar-refractivity contribution in [3.63, 3.8) is 0 Å². The van der Waals surface area contributed by atoms with Crippen LogP contribution in [0, 0.1) is 0 Å². The van der Waals surface area contributed by atoms with E-state index >= 15 is 0 Å². The molecule has 0 spiro atoms. The van der Waals surface area contributed by atoms with E-state index in [0.717, 1.165) is 0 Å². The monoisotopic (exact) mass is 317 g/mol. The topological polar surface area (TPSA) is 74.2 Å². The Morgan fingerprint density at radius 2 is 2.10 bits per heavy atom. The summed E-state index contributed by atoms with van der Waals surface area (Å²) in [5.41, 5.74) is 6.68. The average Bonchev–Trinajstić information content (AvgIpc) is 2.92. The quantitative estimate of drug-likeness (QED) is 0.794. The summed E-state index contributed by atoms with van der Waals surface area (Å²) in [6.45, 7) is -0.519. The Kier molecular flexibility index (Phi) is 5.60. The lowest BCUT2D eigenvalue weighted by Crippen LogP contribution is -2.13. The zero-order valence-electron chi connectivity index (χ0n) is 11.0. The van der Waals surface area contributed by atoms with Gasteiger partial charge in [-0.15, -0.1) is 0 Å². The van der Waals surface area contributed by atoms with Crippen molar-refractivity contribution >= 4 is 11.6 Å². The van der Waals surface area contributed by atoms with E-state index in [4.69, 9.17) is 26.6 Å². The maximum Gasteiger partial charge on any atom is 0.261 e. The van der Waals surface area contributed by atoms with Gasteiger partial charge in [0.05, 0.1) is 6.61 Å². The molecule has 2 N–H and O–H groups in total. The maximum atomic E-state index is 11.9. The fourth-order valence-corrected chi connectivity index (χ4v) is 1.94. The number of alkyl halides is 2. The van der Waals surface area contributed by atoms with Crippen LogP contribution in [0.4, 0.5) is 8.78 Å². The Bertz CT molecular complexity index is 580. The van der Waals surface area contributed by atoms with Crippen LogP contribution in [0.2, 0.25) is 5.02 Å². The van der Waals surface area contributed by atoms with Crippen molar-refractivity contribution in [1.29, 1.82) is 0 Å². The Hall–Kier alpha value is -1.57. The molecular formula is C13H14ClF2N3O2. The third kappa shape index (κ3) is 4.45. The normalized spacial score (nSPS) is 12.8. The lowest BCUT2D eigenvalue weighted by atomic mass is 10.1. The molecule has 0 unspecified atom stereocenters. The molecule has 21 heavy (non-hydrogen) atoms. The highest BCUT2D eigenvalue weighted by Crippen LogP contribution is 2.25. The van der Waals surface area contributed by atoms with Crippen molar-refractivity contribution in [3.05, 3.63) is 46.6 Å². The summed E-state index contributed by atoms with van der Waals surface area (Å²) in [5, 5.41) is 4.24. The number of ether oxygens (including phenoxy) is 1. The van der Waals surface area contributed by atoms with Crippen LogP contribution in [-0.2, 0) is 11.2 Å². The predicted octanol–water partition coefficient (Wildman–Crippen LogP) is 2.60. The van der Waals surface area contributed by atoms with Crippen molar-refractivity contribution in [1.82, 2.24) is 10.1 Å². The van der Waals surface area contributed by atoms with E-state index in [1.807, 2.05) is 0 Å². The van der Waals surface area contributed by atoms with Crippen molar-refractivity contribution in [3.8, 4) is 0 Å². The highest BCUT2D eigenvalue weighted by atomic mass is 35.5. The molecule has 0 saturated carbocycles. The summed E-state index contributed by atoms with van der Waals surface area (Å²) in [5.74, 6) is 0.564. The van der Waals surface area contributed by atoms with Gasteiger partial charge in [0.25, 0.3) is 6.43 Å². The van der Waals surface area contributed by atoms with Gasteiger partial charge in [-0.05, 0) is 11.6 Å². The van der Waals surface area contributed by atoms with Crippen molar-refractivity contribution in [2.24, 2.45) is 5.73 Å². The molecule has 0 saturated heterocycles. The number of halogens is 3. The third-order valence-corrected chi connectivity index (χ3v) is 3.05. The van der Waals surface area contributed by atoms with Crippen LogP contribution in [0.3, 0.4) is 0 Å². The number of rotatable bonds is 7. The largest absolute Gasteiger partial charge is 0.375 e. The first-order valence-electron chi connectivity index (χ1n) is 6.26. The predicted molar refractivity (Wildman–Crippen MR) is 72.3 cm³/mol. The Balaban J connectivity index is 1.95. The molecule has 0 amide bonds. The highest BCUT2D eigenvalue weighted by Gasteiger charge is 2.19. The van der Waals surface area contributed by atoms with Crippen molar-refractivity contribution in [2.75, 3.05) is 13.2 Å². The van der Waals surface area contributed by atoms with Crippen LogP contribution >= 0.6 is 11.6 Å². The second-order valence-corrected chi connectivity index (χ2v) is 4.67. The summed E-state index contributed by atoms with van der Waals surface area (Å²) >= 11 is 6.05. The molecule has 0 aliphatic heterocycles. The zero-order chi connectivity index (χ0) is 15.2. The molecule has 1 heterocycles. The molecule has 114 valence electrons.